The maximum absolute atomic E-state index is 4.76. The zero-order valence-electron chi connectivity index (χ0n) is 12.5. The highest BCUT2D eigenvalue weighted by Crippen LogP contribution is 2.31. The summed E-state index contributed by atoms with van der Waals surface area (Å²) in [6, 6.07) is 2.59. The van der Waals surface area contributed by atoms with Gasteiger partial charge in [-0.25, -0.2) is 9.97 Å². The van der Waals surface area contributed by atoms with Crippen molar-refractivity contribution in [1.82, 2.24) is 9.97 Å². The van der Waals surface area contributed by atoms with Crippen LogP contribution in [0, 0.1) is 11.8 Å². The summed E-state index contributed by atoms with van der Waals surface area (Å²) in [5, 5.41) is 0. The SMILES string of the molecule is CC1CC(C)C(C)N(c2cc(Br)nc(C(C)C)n2)C1. The zero-order chi connectivity index (χ0) is 14.2. The molecule has 0 aliphatic carbocycles. The number of piperidine rings is 1. The van der Waals surface area contributed by atoms with E-state index in [-0.39, 0.29) is 0 Å². The van der Waals surface area contributed by atoms with Crippen molar-refractivity contribution in [2.75, 3.05) is 11.4 Å². The molecule has 3 nitrogen and oxygen atoms in total. The first kappa shape index (κ1) is 14.8. The molecule has 3 atom stereocenters. The van der Waals surface area contributed by atoms with Crippen molar-refractivity contribution in [3.8, 4) is 0 Å². The van der Waals surface area contributed by atoms with Crippen LogP contribution in [0.15, 0.2) is 10.7 Å². The number of rotatable bonds is 2. The fraction of sp³-hybridized carbons (Fsp3) is 0.733. The smallest absolute Gasteiger partial charge is 0.134 e. The molecule has 3 unspecified atom stereocenters. The summed E-state index contributed by atoms with van der Waals surface area (Å²) in [4.78, 5) is 11.7. The Morgan fingerprint density at radius 3 is 2.58 bits per heavy atom. The van der Waals surface area contributed by atoms with E-state index in [9.17, 15) is 0 Å². The average molecular weight is 326 g/mol. The number of anilines is 1. The molecule has 0 amide bonds. The van der Waals surface area contributed by atoms with Gasteiger partial charge in [0.05, 0.1) is 0 Å². The lowest BCUT2D eigenvalue weighted by atomic mass is 9.86. The average Bonchev–Trinajstić information content (AvgIpc) is 2.32. The van der Waals surface area contributed by atoms with Crippen LogP contribution in [0.2, 0.25) is 0 Å². The molecule has 1 aromatic rings. The molecule has 106 valence electrons. The summed E-state index contributed by atoms with van der Waals surface area (Å²) in [5.74, 6) is 3.77. The van der Waals surface area contributed by atoms with E-state index >= 15 is 0 Å². The predicted molar refractivity (Wildman–Crippen MR) is 83.6 cm³/mol. The normalized spacial score (nSPS) is 27.9. The highest BCUT2D eigenvalue weighted by Gasteiger charge is 2.30. The molecular formula is C15H24BrN3. The van der Waals surface area contributed by atoms with Crippen molar-refractivity contribution < 1.29 is 0 Å². The summed E-state index contributed by atoms with van der Waals surface area (Å²) in [6.07, 6.45) is 1.31. The molecule has 2 rings (SSSR count). The molecule has 19 heavy (non-hydrogen) atoms. The van der Waals surface area contributed by atoms with E-state index in [2.05, 4.69) is 60.4 Å². The Kier molecular flexibility index (Phi) is 4.49. The minimum Gasteiger partial charge on any atom is -0.353 e. The molecule has 1 fully saturated rings. The lowest BCUT2D eigenvalue weighted by Crippen LogP contribution is -2.46. The van der Waals surface area contributed by atoms with Gasteiger partial charge in [0, 0.05) is 24.6 Å². The van der Waals surface area contributed by atoms with E-state index in [4.69, 9.17) is 4.98 Å². The van der Waals surface area contributed by atoms with Crippen molar-refractivity contribution in [2.24, 2.45) is 11.8 Å². The van der Waals surface area contributed by atoms with Gasteiger partial charge in [-0.1, -0.05) is 27.7 Å². The molecule has 1 saturated heterocycles. The Labute approximate surface area is 125 Å². The highest BCUT2D eigenvalue weighted by molar-refractivity contribution is 9.10. The van der Waals surface area contributed by atoms with Crippen molar-refractivity contribution >= 4 is 21.7 Å². The molecule has 0 spiro atoms. The van der Waals surface area contributed by atoms with E-state index < -0.39 is 0 Å². The van der Waals surface area contributed by atoms with Gasteiger partial charge in [-0.05, 0) is 41.1 Å². The van der Waals surface area contributed by atoms with Crippen LogP contribution in [0.5, 0.6) is 0 Å². The monoisotopic (exact) mass is 325 g/mol. The fourth-order valence-electron chi connectivity index (χ4n) is 2.85. The standard InChI is InChI=1S/C15H24BrN3/c1-9(2)15-17-13(16)7-14(18-15)19-8-10(3)6-11(4)12(19)5/h7,9-12H,6,8H2,1-5H3. The third-order valence-corrected chi connectivity index (χ3v) is 4.51. The minimum atomic E-state index is 0.353. The molecule has 2 heterocycles. The molecule has 1 aliphatic heterocycles. The van der Waals surface area contributed by atoms with Crippen LogP contribution in [-0.2, 0) is 0 Å². The van der Waals surface area contributed by atoms with Crippen molar-refractivity contribution in [3.63, 3.8) is 0 Å². The number of halogens is 1. The lowest BCUT2D eigenvalue weighted by molar-refractivity contribution is 0.295. The van der Waals surface area contributed by atoms with Crippen LogP contribution in [0.3, 0.4) is 0 Å². The molecule has 0 saturated carbocycles. The summed E-state index contributed by atoms with van der Waals surface area (Å²) in [7, 11) is 0. The summed E-state index contributed by atoms with van der Waals surface area (Å²) < 4.78 is 0.888. The molecule has 0 radical (unpaired) electrons. The Morgan fingerprint density at radius 1 is 1.26 bits per heavy atom. The first-order chi connectivity index (χ1) is 8.88. The van der Waals surface area contributed by atoms with Gasteiger partial charge in [0.15, 0.2) is 0 Å². The minimum absolute atomic E-state index is 0.353. The largest absolute Gasteiger partial charge is 0.353 e. The summed E-state index contributed by atoms with van der Waals surface area (Å²) >= 11 is 3.52. The number of nitrogens with zero attached hydrogens (tertiary/aromatic N) is 3. The quantitative estimate of drug-likeness (QED) is 0.762. The topological polar surface area (TPSA) is 29.0 Å². The summed E-state index contributed by atoms with van der Waals surface area (Å²) in [5.41, 5.74) is 0. The van der Waals surface area contributed by atoms with Crippen LogP contribution in [0.1, 0.15) is 52.8 Å². The van der Waals surface area contributed by atoms with Crippen LogP contribution < -0.4 is 4.90 Å². The van der Waals surface area contributed by atoms with E-state index in [0.29, 0.717) is 17.9 Å². The second kappa shape index (κ2) is 5.78. The van der Waals surface area contributed by atoms with Gasteiger partial charge in [0.25, 0.3) is 0 Å². The number of hydrogen-bond donors (Lipinski definition) is 0. The van der Waals surface area contributed by atoms with Gasteiger partial charge < -0.3 is 4.90 Å². The first-order valence-corrected chi connectivity index (χ1v) is 7.99. The highest BCUT2D eigenvalue weighted by atomic mass is 79.9. The Morgan fingerprint density at radius 2 is 1.95 bits per heavy atom. The van der Waals surface area contributed by atoms with Crippen LogP contribution in [0.25, 0.3) is 0 Å². The first-order valence-electron chi connectivity index (χ1n) is 7.19. The van der Waals surface area contributed by atoms with Gasteiger partial charge in [0.2, 0.25) is 0 Å². The van der Waals surface area contributed by atoms with Gasteiger partial charge >= 0.3 is 0 Å². The van der Waals surface area contributed by atoms with E-state index in [0.717, 1.165) is 28.7 Å². The molecular weight excluding hydrogens is 302 g/mol. The van der Waals surface area contributed by atoms with E-state index in [1.54, 1.807) is 0 Å². The molecule has 4 heteroatoms. The van der Waals surface area contributed by atoms with Crippen LogP contribution in [-0.4, -0.2) is 22.6 Å². The van der Waals surface area contributed by atoms with Gasteiger partial charge in [-0.3, -0.25) is 0 Å². The summed E-state index contributed by atoms with van der Waals surface area (Å²) in [6.45, 7) is 12.3. The van der Waals surface area contributed by atoms with Gasteiger partial charge in [-0.15, -0.1) is 0 Å². The molecule has 1 aromatic heterocycles. The van der Waals surface area contributed by atoms with Gasteiger partial charge in [-0.2, -0.15) is 0 Å². The fourth-order valence-corrected chi connectivity index (χ4v) is 3.23. The van der Waals surface area contributed by atoms with Crippen molar-refractivity contribution in [3.05, 3.63) is 16.5 Å². The van der Waals surface area contributed by atoms with Crippen LogP contribution in [0.4, 0.5) is 5.82 Å². The van der Waals surface area contributed by atoms with E-state index in [1.165, 1.54) is 6.42 Å². The third-order valence-electron chi connectivity index (χ3n) is 4.11. The number of aromatic nitrogens is 2. The molecule has 1 aliphatic rings. The van der Waals surface area contributed by atoms with E-state index in [1.807, 2.05) is 6.07 Å². The maximum Gasteiger partial charge on any atom is 0.134 e. The predicted octanol–water partition coefficient (Wildman–Crippen LogP) is 4.23. The van der Waals surface area contributed by atoms with Crippen molar-refractivity contribution in [1.29, 1.82) is 0 Å². The van der Waals surface area contributed by atoms with Crippen molar-refractivity contribution in [2.45, 2.75) is 53.0 Å². The maximum atomic E-state index is 4.76. The second-order valence-corrected chi connectivity index (χ2v) is 7.09. The molecule has 0 bridgehead atoms. The Hall–Kier alpha value is -0.640. The van der Waals surface area contributed by atoms with Gasteiger partial charge in [0.1, 0.15) is 16.2 Å². The lowest BCUT2D eigenvalue weighted by Gasteiger charge is -2.42. The molecule has 0 aromatic carbocycles. The Bertz CT molecular complexity index is 447. The Balaban J connectivity index is 2.34. The number of hydrogen-bond acceptors (Lipinski definition) is 3. The van der Waals surface area contributed by atoms with Crippen LogP contribution >= 0.6 is 15.9 Å². The zero-order valence-corrected chi connectivity index (χ0v) is 14.1. The third kappa shape index (κ3) is 3.28. The molecule has 0 N–H and O–H groups in total. The second-order valence-electron chi connectivity index (χ2n) is 6.27.